The summed E-state index contributed by atoms with van der Waals surface area (Å²) in [5.74, 6) is -0.0139. The predicted molar refractivity (Wildman–Crippen MR) is 50.5 cm³/mol. The van der Waals surface area contributed by atoms with Crippen LogP contribution in [0.15, 0.2) is 10.9 Å². The van der Waals surface area contributed by atoms with Crippen LogP contribution in [0, 0.1) is 0 Å². The number of hydrogen-bond acceptors (Lipinski definition) is 4. The molecule has 0 saturated heterocycles. The highest BCUT2D eigenvalue weighted by Gasteiger charge is 2.09. The van der Waals surface area contributed by atoms with Crippen molar-refractivity contribution in [2.24, 2.45) is 0 Å². The van der Waals surface area contributed by atoms with Crippen molar-refractivity contribution in [3.05, 3.63) is 16.6 Å². The highest BCUT2D eigenvalue weighted by atomic mass is 32.1. The van der Waals surface area contributed by atoms with Gasteiger partial charge in [-0.05, 0) is 0 Å². The summed E-state index contributed by atoms with van der Waals surface area (Å²) >= 11 is 1.48. The molecule has 1 N–H and O–H groups in total. The molecule has 0 bridgehead atoms. The first kappa shape index (κ1) is 10.1. The molecular weight excluding hydrogens is 188 g/mol. The van der Waals surface area contributed by atoms with E-state index in [1.807, 2.05) is 5.38 Å². The molecule has 1 rings (SSSR count). The molecule has 0 unspecified atom stereocenters. The van der Waals surface area contributed by atoms with Crippen LogP contribution in [0.2, 0.25) is 0 Å². The van der Waals surface area contributed by atoms with Crippen LogP contribution in [0.5, 0.6) is 0 Å². The molecule has 0 aliphatic carbocycles. The summed E-state index contributed by atoms with van der Waals surface area (Å²) in [4.78, 5) is 16.9. The van der Waals surface area contributed by atoms with Crippen molar-refractivity contribution in [3.63, 3.8) is 0 Å². The summed E-state index contributed by atoms with van der Waals surface area (Å²) < 4.78 is 0. The molecule has 1 amide bonds. The van der Waals surface area contributed by atoms with E-state index in [1.54, 1.807) is 12.6 Å². The van der Waals surface area contributed by atoms with Gasteiger partial charge in [-0.25, -0.2) is 4.98 Å². The number of amides is 1. The molecule has 0 spiro atoms. The van der Waals surface area contributed by atoms with Crippen molar-refractivity contribution in [1.29, 1.82) is 0 Å². The van der Waals surface area contributed by atoms with Gasteiger partial charge in [0.05, 0.1) is 24.2 Å². The first-order chi connectivity index (χ1) is 6.24. The van der Waals surface area contributed by atoms with Crippen LogP contribution in [-0.4, -0.2) is 41.1 Å². The SMILES string of the molecule is CN(CCO)C(=O)Cc1cscn1. The van der Waals surface area contributed by atoms with Gasteiger partial charge in [0.1, 0.15) is 0 Å². The minimum atomic E-state index is -0.0139. The van der Waals surface area contributed by atoms with Gasteiger partial charge in [-0.1, -0.05) is 0 Å². The summed E-state index contributed by atoms with van der Waals surface area (Å²) in [5, 5.41) is 10.5. The summed E-state index contributed by atoms with van der Waals surface area (Å²) in [5.41, 5.74) is 2.49. The van der Waals surface area contributed by atoms with Crippen LogP contribution in [0.25, 0.3) is 0 Å². The summed E-state index contributed by atoms with van der Waals surface area (Å²) in [7, 11) is 1.67. The standard InChI is InChI=1S/C8H12N2O2S/c1-10(2-3-11)8(12)4-7-5-13-6-9-7/h5-6,11H,2-4H2,1H3. The Morgan fingerprint density at radius 1 is 1.77 bits per heavy atom. The Balaban J connectivity index is 2.41. The van der Waals surface area contributed by atoms with Crippen LogP contribution >= 0.6 is 11.3 Å². The fourth-order valence-electron chi connectivity index (χ4n) is 0.889. The Morgan fingerprint density at radius 3 is 3.08 bits per heavy atom. The maximum Gasteiger partial charge on any atom is 0.228 e. The lowest BCUT2D eigenvalue weighted by molar-refractivity contribution is -0.129. The molecule has 72 valence electrons. The third kappa shape index (κ3) is 3.12. The third-order valence-corrected chi connectivity index (χ3v) is 2.31. The smallest absolute Gasteiger partial charge is 0.228 e. The number of carbonyl (C=O) groups excluding carboxylic acids is 1. The maximum absolute atomic E-state index is 11.4. The Hall–Kier alpha value is -0.940. The highest BCUT2D eigenvalue weighted by molar-refractivity contribution is 7.07. The van der Waals surface area contributed by atoms with E-state index >= 15 is 0 Å². The van der Waals surface area contributed by atoms with Crippen molar-refractivity contribution in [2.45, 2.75) is 6.42 Å². The van der Waals surface area contributed by atoms with Gasteiger partial charge >= 0.3 is 0 Å². The van der Waals surface area contributed by atoms with Crippen LogP contribution in [0.4, 0.5) is 0 Å². The number of rotatable bonds is 4. The molecule has 5 heteroatoms. The van der Waals surface area contributed by atoms with Crippen LogP contribution in [-0.2, 0) is 11.2 Å². The molecule has 13 heavy (non-hydrogen) atoms. The average molecular weight is 200 g/mol. The number of aromatic nitrogens is 1. The molecule has 0 aliphatic heterocycles. The monoisotopic (exact) mass is 200 g/mol. The Morgan fingerprint density at radius 2 is 2.54 bits per heavy atom. The summed E-state index contributed by atoms with van der Waals surface area (Å²) in [6.07, 6.45) is 0.319. The average Bonchev–Trinajstić information content (AvgIpc) is 2.57. The van der Waals surface area contributed by atoms with Crippen molar-refractivity contribution in [2.75, 3.05) is 20.2 Å². The molecule has 0 saturated carbocycles. The lowest BCUT2D eigenvalue weighted by Gasteiger charge is -2.14. The molecule has 0 fully saturated rings. The first-order valence-corrected chi connectivity index (χ1v) is 4.90. The quantitative estimate of drug-likeness (QED) is 0.752. The highest BCUT2D eigenvalue weighted by Crippen LogP contribution is 2.03. The lowest BCUT2D eigenvalue weighted by atomic mass is 10.3. The van der Waals surface area contributed by atoms with E-state index in [9.17, 15) is 4.79 Å². The van der Waals surface area contributed by atoms with Crippen LogP contribution in [0.1, 0.15) is 5.69 Å². The number of thiazole rings is 1. The van der Waals surface area contributed by atoms with Gasteiger partial charge in [0.25, 0.3) is 0 Å². The van der Waals surface area contributed by atoms with Crippen molar-refractivity contribution >= 4 is 17.2 Å². The number of carbonyl (C=O) groups is 1. The predicted octanol–water partition coefficient (Wildman–Crippen LogP) is 0.136. The number of likely N-dealkylation sites (N-methyl/N-ethyl adjacent to an activating group) is 1. The molecule has 0 radical (unpaired) electrons. The van der Waals surface area contributed by atoms with Crippen molar-refractivity contribution in [3.8, 4) is 0 Å². The van der Waals surface area contributed by atoms with Gasteiger partial charge in [-0.2, -0.15) is 0 Å². The topological polar surface area (TPSA) is 53.4 Å². The van der Waals surface area contributed by atoms with Gasteiger partial charge in [-0.15, -0.1) is 11.3 Å². The van der Waals surface area contributed by atoms with Gasteiger partial charge < -0.3 is 10.0 Å². The molecule has 0 aromatic carbocycles. The number of aliphatic hydroxyl groups excluding tert-OH is 1. The van der Waals surface area contributed by atoms with E-state index in [0.29, 0.717) is 13.0 Å². The van der Waals surface area contributed by atoms with Gasteiger partial charge in [-0.3, -0.25) is 4.79 Å². The second kappa shape index (κ2) is 4.94. The van der Waals surface area contributed by atoms with Gasteiger partial charge in [0, 0.05) is 19.0 Å². The maximum atomic E-state index is 11.4. The van der Waals surface area contributed by atoms with E-state index in [4.69, 9.17) is 5.11 Å². The fourth-order valence-corrected chi connectivity index (χ4v) is 1.45. The van der Waals surface area contributed by atoms with E-state index in [1.165, 1.54) is 16.2 Å². The van der Waals surface area contributed by atoms with Gasteiger partial charge in [0.15, 0.2) is 0 Å². The zero-order valence-electron chi connectivity index (χ0n) is 7.43. The van der Waals surface area contributed by atoms with E-state index in [0.717, 1.165) is 5.69 Å². The van der Waals surface area contributed by atoms with Crippen LogP contribution < -0.4 is 0 Å². The summed E-state index contributed by atoms with van der Waals surface area (Å²) in [6.45, 7) is 0.377. The fraction of sp³-hybridized carbons (Fsp3) is 0.500. The molecule has 1 heterocycles. The Bertz CT molecular complexity index is 261. The zero-order valence-corrected chi connectivity index (χ0v) is 8.25. The second-order valence-corrected chi connectivity index (χ2v) is 3.41. The minimum Gasteiger partial charge on any atom is -0.395 e. The molecule has 1 aromatic rings. The Labute approximate surface area is 80.8 Å². The molecular formula is C8H12N2O2S. The molecule has 1 aromatic heterocycles. The number of hydrogen-bond donors (Lipinski definition) is 1. The van der Waals surface area contributed by atoms with E-state index in [2.05, 4.69) is 4.98 Å². The largest absolute Gasteiger partial charge is 0.395 e. The normalized spacial score (nSPS) is 10.0. The first-order valence-electron chi connectivity index (χ1n) is 3.96. The number of aliphatic hydroxyl groups is 1. The second-order valence-electron chi connectivity index (χ2n) is 2.70. The summed E-state index contributed by atoms with van der Waals surface area (Å²) in [6, 6.07) is 0. The van der Waals surface area contributed by atoms with Crippen LogP contribution in [0.3, 0.4) is 0 Å². The third-order valence-electron chi connectivity index (χ3n) is 1.68. The molecule has 4 nitrogen and oxygen atoms in total. The Kier molecular flexibility index (Phi) is 3.85. The van der Waals surface area contributed by atoms with Crippen molar-refractivity contribution in [1.82, 2.24) is 9.88 Å². The molecule has 0 aliphatic rings. The minimum absolute atomic E-state index is 0.000689. The number of nitrogens with zero attached hydrogens (tertiary/aromatic N) is 2. The van der Waals surface area contributed by atoms with E-state index < -0.39 is 0 Å². The zero-order chi connectivity index (χ0) is 9.68. The lowest BCUT2D eigenvalue weighted by Crippen LogP contribution is -2.30. The molecule has 0 atom stereocenters. The van der Waals surface area contributed by atoms with E-state index in [-0.39, 0.29) is 12.5 Å². The van der Waals surface area contributed by atoms with Crippen molar-refractivity contribution < 1.29 is 9.90 Å². The van der Waals surface area contributed by atoms with Gasteiger partial charge in [0.2, 0.25) is 5.91 Å².